The Bertz CT molecular complexity index is 1650. The molecule has 1 heterocycles. The number of carbonyl (C=O) groups is 2. The first kappa shape index (κ1) is 42.9. The molecule has 5 N–H and O–H groups in total. The van der Waals surface area contributed by atoms with Crippen LogP contribution in [0.4, 0.5) is 4.39 Å². The van der Waals surface area contributed by atoms with Crippen LogP contribution >= 0.6 is 0 Å². The molecule has 4 aromatic rings. The number of phenols is 1. The van der Waals surface area contributed by atoms with E-state index in [1.807, 2.05) is 39.8 Å². The van der Waals surface area contributed by atoms with Crippen molar-refractivity contribution in [1.82, 2.24) is 15.4 Å². The van der Waals surface area contributed by atoms with E-state index in [1.165, 1.54) is 13.1 Å². The van der Waals surface area contributed by atoms with Gasteiger partial charge in [0, 0.05) is 42.1 Å². The van der Waals surface area contributed by atoms with Gasteiger partial charge < -0.3 is 24.9 Å². The summed E-state index contributed by atoms with van der Waals surface area (Å²) in [7, 11) is 3.15. The number of rotatable bonds is 20. The van der Waals surface area contributed by atoms with Crippen molar-refractivity contribution in [1.29, 1.82) is 0 Å². The molecule has 0 unspecified atom stereocenters. The number of nitrogens with zero attached hydrogens (tertiary/aromatic N) is 1. The molecule has 9 nitrogen and oxygen atoms in total. The van der Waals surface area contributed by atoms with Crippen LogP contribution in [0.15, 0.2) is 54.6 Å². The number of aryl methyl sites for hydroxylation is 2. The minimum atomic E-state index is -0.421. The highest BCUT2D eigenvalue weighted by Crippen LogP contribution is 2.42. The van der Waals surface area contributed by atoms with Gasteiger partial charge in [-0.3, -0.25) is 15.0 Å². The molecule has 280 valence electrons. The van der Waals surface area contributed by atoms with E-state index in [1.54, 1.807) is 19.2 Å². The van der Waals surface area contributed by atoms with Crippen LogP contribution < -0.4 is 16.6 Å². The van der Waals surface area contributed by atoms with Crippen molar-refractivity contribution in [2.24, 2.45) is 11.1 Å². The van der Waals surface area contributed by atoms with Crippen molar-refractivity contribution >= 4 is 23.8 Å². The first-order chi connectivity index (χ1) is 24.7. The second-order valence-electron chi connectivity index (χ2n) is 12.8. The first-order valence-corrected chi connectivity index (χ1v) is 18.0. The summed E-state index contributed by atoms with van der Waals surface area (Å²) >= 11 is 0. The van der Waals surface area contributed by atoms with Crippen molar-refractivity contribution < 1.29 is 28.6 Å². The molecule has 3 aromatic carbocycles. The zero-order chi connectivity index (χ0) is 37.8. The van der Waals surface area contributed by atoms with Gasteiger partial charge in [-0.1, -0.05) is 64.8 Å². The van der Waals surface area contributed by atoms with Crippen LogP contribution in [0.1, 0.15) is 77.0 Å². The Kier molecular flexibility index (Phi) is 19.0. The highest BCUT2D eigenvalue weighted by atomic mass is 19.1. The predicted molar refractivity (Wildman–Crippen MR) is 206 cm³/mol. The number of nitrogens with one attached hydrogen (secondary N) is 2. The van der Waals surface area contributed by atoms with Gasteiger partial charge in [-0.2, -0.15) is 0 Å². The second-order valence-corrected chi connectivity index (χ2v) is 12.8. The summed E-state index contributed by atoms with van der Waals surface area (Å²) in [6.07, 6.45) is 6.62. The van der Waals surface area contributed by atoms with Crippen molar-refractivity contribution in [3.05, 3.63) is 77.1 Å². The molecule has 0 aliphatic carbocycles. The summed E-state index contributed by atoms with van der Waals surface area (Å²) in [5, 5.41) is 11.7. The standard InChI is InChI=1S/C38H48FN3O5.C2H6.CH5N/c1-5-42-35-15-14-29(30-19-27(20-31(45)21-30)11-8-6-7-9-17-40-41-25-43)22-32(35)33(23-38(2,3)24-47-26-44)37(42)36-28(16-18-46-4)12-10-13-34(36)39;2*1-2/h10,12-15,19-22,25-26,40,45H,5-9,11,16-18,23-24H2,1-4H3,(H,41,43);1-2H3;2H2,1H3. The molecule has 0 spiro atoms. The molecule has 0 saturated heterocycles. The lowest BCUT2D eigenvalue weighted by Crippen LogP contribution is -2.30. The van der Waals surface area contributed by atoms with Crippen molar-refractivity contribution in [3.63, 3.8) is 0 Å². The lowest BCUT2D eigenvalue weighted by molar-refractivity contribution is -0.131. The topological polar surface area (TPSA) is 128 Å². The fraction of sp³-hybridized carbons (Fsp3) is 0.463. The number of benzene rings is 3. The number of hydrazine groups is 1. The van der Waals surface area contributed by atoms with E-state index in [9.17, 15) is 14.7 Å². The van der Waals surface area contributed by atoms with E-state index in [2.05, 4.69) is 52.3 Å². The van der Waals surface area contributed by atoms with Crippen LogP contribution in [0, 0.1) is 11.2 Å². The molecular weight excluding hydrogens is 647 g/mol. The zero-order valence-electron chi connectivity index (χ0n) is 31.6. The Labute approximate surface area is 303 Å². The number of hydrogen-bond donors (Lipinski definition) is 4. The number of hydrogen-bond acceptors (Lipinski definition) is 7. The van der Waals surface area contributed by atoms with Crippen LogP contribution in [0.25, 0.3) is 33.3 Å². The maximum atomic E-state index is 15.9. The van der Waals surface area contributed by atoms with Crippen LogP contribution in [-0.2, 0) is 44.9 Å². The smallest absolute Gasteiger partial charge is 0.293 e. The van der Waals surface area contributed by atoms with Gasteiger partial charge in [0.25, 0.3) is 6.47 Å². The molecule has 1 amide bonds. The molecular formula is C41H59FN4O5. The number of amides is 1. The fourth-order valence-corrected chi connectivity index (χ4v) is 6.44. The zero-order valence-corrected chi connectivity index (χ0v) is 31.6. The van der Waals surface area contributed by atoms with Gasteiger partial charge in [0.2, 0.25) is 6.41 Å². The molecule has 0 fully saturated rings. The Morgan fingerprint density at radius 2 is 1.71 bits per heavy atom. The van der Waals surface area contributed by atoms with Gasteiger partial charge >= 0.3 is 0 Å². The third kappa shape index (κ3) is 12.2. The number of aromatic hydroxyl groups is 1. The van der Waals surface area contributed by atoms with Crippen molar-refractivity contribution in [2.45, 2.75) is 86.1 Å². The number of carbonyl (C=O) groups excluding carboxylic acids is 2. The molecule has 0 atom stereocenters. The number of ether oxygens (including phenoxy) is 2. The van der Waals surface area contributed by atoms with Crippen molar-refractivity contribution in [2.75, 3.05) is 33.9 Å². The SMILES string of the molecule is CC.CCn1c(-c2c(F)cccc2CCOC)c(CC(C)(C)COC=O)c2cc(-c3cc(O)cc(CCCCCCNNC=O)c3)ccc21.CN. The maximum absolute atomic E-state index is 15.9. The van der Waals surface area contributed by atoms with E-state index < -0.39 is 5.41 Å². The summed E-state index contributed by atoms with van der Waals surface area (Å²) in [5.74, 6) is -0.0684. The molecule has 1 aromatic heterocycles. The minimum absolute atomic E-state index is 0.218. The summed E-state index contributed by atoms with van der Waals surface area (Å²) in [4.78, 5) is 21.5. The summed E-state index contributed by atoms with van der Waals surface area (Å²) in [6, 6.07) is 17.3. The maximum Gasteiger partial charge on any atom is 0.293 e. The third-order valence-corrected chi connectivity index (χ3v) is 8.58. The van der Waals surface area contributed by atoms with E-state index in [0.29, 0.717) is 44.4 Å². The Morgan fingerprint density at radius 3 is 2.39 bits per heavy atom. The van der Waals surface area contributed by atoms with Gasteiger partial charge in [0.05, 0.1) is 18.9 Å². The average molecular weight is 707 g/mol. The Morgan fingerprint density at radius 1 is 0.961 bits per heavy atom. The molecule has 0 radical (unpaired) electrons. The molecule has 4 rings (SSSR count). The van der Waals surface area contributed by atoms with Gasteiger partial charge in [-0.15, -0.1) is 0 Å². The first-order valence-electron chi connectivity index (χ1n) is 18.0. The minimum Gasteiger partial charge on any atom is -0.508 e. The Balaban J connectivity index is 0.00000217. The highest BCUT2D eigenvalue weighted by molar-refractivity contribution is 5.95. The Hall–Kier alpha value is -4.25. The quantitative estimate of drug-likeness (QED) is 0.0421. The third-order valence-electron chi connectivity index (χ3n) is 8.58. The second kappa shape index (κ2) is 22.5. The largest absolute Gasteiger partial charge is 0.508 e. The number of nitrogens with two attached hydrogens (primary N) is 1. The summed E-state index contributed by atoms with van der Waals surface area (Å²) in [5.41, 5.74) is 16.6. The normalized spacial score (nSPS) is 10.9. The number of fused-ring (bicyclic) bond motifs is 1. The number of methoxy groups -OCH3 is 1. The van der Waals surface area contributed by atoms with Gasteiger partial charge in [0.15, 0.2) is 0 Å². The van der Waals surface area contributed by atoms with E-state index in [4.69, 9.17) is 9.47 Å². The van der Waals surface area contributed by atoms with Crippen LogP contribution in [0.3, 0.4) is 0 Å². The molecule has 0 saturated carbocycles. The van der Waals surface area contributed by atoms with Crippen LogP contribution in [0.2, 0.25) is 0 Å². The predicted octanol–water partition coefficient (Wildman–Crippen LogP) is 7.73. The molecule has 10 heteroatoms. The highest BCUT2D eigenvalue weighted by Gasteiger charge is 2.28. The van der Waals surface area contributed by atoms with Gasteiger partial charge in [-0.25, -0.2) is 9.82 Å². The van der Waals surface area contributed by atoms with E-state index in [0.717, 1.165) is 83.1 Å². The van der Waals surface area contributed by atoms with Crippen LogP contribution in [0.5, 0.6) is 5.75 Å². The summed E-state index contributed by atoms with van der Waals surface area (Å²) in [6.45, 7) is 12.7. The van der Waals surface area contributed by atoms with E-state index in [-0.39, 0.29) is 18.2 Å². The molecule has 51 heavy (non-hydrogen) atoms. The van der Waals surface area contributed by atoms with Gasteiger partial charge in [0.1, 0.15) is 11.6 Å². The fourth-order valence-electron chi connectivity index (χ4n) is 6.44. The lowest BCUT2D eigenvalue weighted by Gasteiger charge is -2.25. The molecule has 0 aliphatic rings. The molecule has 0 aliphatic heterocycles. The number of aromatic nitrogens is 1. The number of unbranched alkanes of at least 4 members (excludes halogenated alkanes) is 3. The van der Waals surface area contributed by atoms with E-state index >= 15 is 4.39 Å². The number of halogens is 1. The average Bonchev–Trinajstić information content (AvgIpc) is 3.43. The van der Waals surface area contributed by atoms with Gasteiger partial charge in [-0.05, 0) is 104 Å². The lowest BCUT2D eigenvalue weighted by atomic mass is 9.83. The molecule has 0 bridgehead atoms. The summed E-state index contributed by atoms with van der Waals surface area (Å²) < 4.78 is 28.7. The van der Waals surface area contributed by atoms with Crippen LogP contribution in [-0.4, -0.2) is 56.5 Å². The number of phenolic OH excluding ortho intramolecular Hbond substituents is 1. The monoisotopic (exact) mass is 706 g/mol. The van der Waals surface area contributed by atoms with Crippen molar-refractivity contribution in [3.8, 4) is 28.1 Å².